The standard InChI is InChI=1S/C5H13NO2P2/c1-5(2,6-3)4(7)8-10-9/h6,10H,9H2,1-3H3. The smallest absolute Gasteiger partial charge is 0.328 e. The summed E-state index contributed by atoms with van der Waals surface area (Å²) in [5.74, 6) is -0.219. The van der Waals surface area contributed by atoms with E-state index in [9.17, 15) is 4.79 Å². The van der Waals surface area contributed by atoms with E-state index in [0.717, 1.165) is 0 Å². The quantitative estimate of drug-likeness (QED) is 0.657. The van der Waals surface area contributed by atoms with E-state index in [1.165, 1.54) is 0 Å². The van der Waals surface area contributed by atoms with Crippen LogP contribution in [0.4, 0.5) is 0 Å². The monoisotopic (exact) mass is 181 g/mol. The highest BCUT2D eigenvalue weighted by Crippen LogP contribution is 2.23. The molecular formula is C5H13NO2P2. The van der Waals surface area contributed by atoms with E-state index >= 15 is 0 Å². The molecule has 0 amide bonds. The molecule has 60 valence electrons. The van der Waals surface area contributed by atoms with Gasteiger partial charge in [0.15, 0.2) is 0 Å². The third-order valence-corrected chi connectivity index (χ3v) is 1.94. The van der Waals surface area contributed by atoms with Crippen molar-refractivity contribution in [3.8, 4) is 0 Å². The van der Waals surface area contributed by atoms with Gasteiger partial charge in [0.05, 0.1) is 8.50 Å². The van der Waals surface area contributed by atoms with Crippen molar-refractivity contribution in [2.75, 3.05) is 7.05 Å². The molecule has 0 aliphatic rings. The zero-order chi connectivity index (χ0) is 8.20. The highest BCUT2D eigenvalue weighted by Gasteiger charge is 2.26. The summed E-state index contributed by atoms with van der Waals surface area (Å²) in [6, 6.07) is 0. The minimum atomic E-state index is -0.566. The van der Waals surface area contributed by atoms with Crippen molar-refractivity contribution in [3.63, 3.8) is 0 Å². The summed E-state index contributed by atoms with van der Waals surface area (Å²) in [6.07, 6.45) is 0. The van der Waals surface area contributed by atoms with Gasteiger partial charge in [0.2, 0.25) is 0 Å². The van der Waals surface area contributed by atoms with Crippen LogP contribution < -0.4 is 5.32 Å². The summed E-state index contributed by atoms with van der Waals surface area (Å²) in [4.78, 5) is 11.0. The Bertz CT molecular complexity index is 127. The highest BCUT2D eigenvalue weighted by molar-refractivity contribution is 8.00. The molecule has 0 aromatic rings. The van der Waals surface area contributed by atoms with Crippen molar-refractivity contribution in [1.82, 2.24) is 5.32 Å². The molecule has 0 saturated carbocycles. The molecule has 0 radical (unpaired) electrons. The third kappa shape index (κ3) is 2.92. The zero-order valence-corrected chi connectivity index (χ0v) is 8.55. The number of likely N-dealkylation sites (N-methyl/N-ethyl adjacent to an activating group) is 1. The Morgan fingerprint density at radius 1 is 1.70 bits per heavy atom. The van der Waals surface area contributed by atoms with Crippen LogP contribution in [0.25, 0.3) is 0 Å². The maximum absolute atomic E-state index is 11.0. The van der Waals surface area contributed by atoms with E-state index in [0.29, 0.717) is 0 Å². The minimum Gasteiger partial charge on any atom is -0.443 e. The van der Waals surface area contributed by atoms with Gasteiger partial charge in [-0.1, -0.05) is 8.93 Å². The van der Waals surface area contributed by atoms with E-state index in [-0.39, 0.29) is 14.5 Å². The predicted molar refractivity (Wildman–Crippen MR) is 47.3 cm³/mol. The molecule has 0 aliphatic carbocycles. The van der Waals surface area contributed by atoms with E-state index in [4.69, 9.17) is 4.52 Å². The lowest BCUT2D eigenvalue weighted by Gasteiger charge is -2.20. The SMILES string of the molecule is CNC(C)(C)C(=O)OPP. The molecule has 2 atom stereocenters. The first-order valence-corrected chi connectivity index (χ1v) is 5.62. The normalized spacial score (nSPS) is 12.4. The van der Waals surface area contributed by atoms with Gasteiger partial charge in [0.1, 0.15) is 5.54 Å². The first-order chi connectivity index (χ1) is 4.54. The Morgan fingerprint density at radius 2 is 2.20 bits per heavy atom. The van der Waals surface area contributed by atoms with Crippen LogP contribution in [0.3, 0.4) is 0 Å². The largest absolute Gasteiger partial charge is 0.443 e. The van der Waals surface area contributed by atoms with Crippen LogP contribution in [0.5, 0.6) is 0 Å². The van der Waals surface area contributed by atoms with Crippen molar-refractivity contribution < 1.29 is 9.32 Å². The Labute approximate surface area is 65.3 Å². The van der Waals surface area contributed by atoms with Gasteiger partial charge >= 0.3 is 5.97 Å². The summed E-state index contributed by atoms with van der Waals surface area (Å²) >= 11 is 0. The number of carbonyl (C=O) groups is 1. The van der Waals surface area contributed by atoms with E-state index in [2.05, 4.69) is 14.2 Å². The molecule has 0 aromatic carbocycles. The molecule has 0 bridgehead atoms. The van der Waals surface area contributed by atoms with Crippen molar-refractivity contribution in [3.05, 3.63) is 0 Å². The molecular weight excluding hydrogens is 168 g/mol. The van der Waals surface area contributed by atoms with Crippen LogP contribution in [-0.4, -0.2) is 18.6 Å². The molecule has 0 spiro atoms. The predicted octanol–water partition coefficient (Wildman–Crippen LogP) is 0.911. The molecule has 0 rings (SSSR count). The summed E-state index contributed by atoms with van der Waals surface area (Å²) in [7, 11) is 4.23. The number of carbonyl (C=O) groups excluding carboxylic acids is 1. The first-order valence-electron chi connectivity index (χ1n) is 2.90. The summed E-state index contributed by atoms with van der Waals surface area (Å²) in [6.45, 7) is 3.56. The van der Waals surface area contributed by atoms with E-state index in [1.807, 2.05) is 0 Å². The van der Waals surface area contributed by atoms with Crippen LogP contribution in [0.2, 0.25) is 0 Å². The van der Waals surface area contributed by atoms with Crippen LogP contribution >= 0.6 is 17.4 Å². The topological polar surface area (TPSA) is 38.3 Å². The average Bonchev–Trinajstić information content (AvgIpc) is 1.89. The summed E-state index contributed by atoms with van der Waals surface area (Å²) in [5.41, 5.74) is -0.566. The fourth-order valence-corrected chi connectivity index (χ4v) is 0.966. The van der Waals surface area contributed by atoms with Gasteiger partial charge in [-0.3, -0.25) is 0 Å². The molecule has 0 fully saturated rings. The number of hydrogen-bond acceptors (Lipinski definition) is 3. The van der Waals surface area contributed by atoms with Gasteiger partial charge in [-0.05, 0) is 20.9 Å². The Balaban J connectivity index is 3.91. The fraction of sp³-hybridized carbons (Fsp3) is 0.800. The van der Waals surface area contributed by atoms with Crippen molar-refractivity contribution in [2.24, 2.45) is 0 Å². The molecule has 0 aromatic heterocycles. The van der Waals surface area contributed by atoms with Gasteiger partial charge < -0.3 is 9.84 Å². The number of hydrogen-bond donors (Lipinski definition) is 1. The second-order valence-electron chi connectivity index (χ2n) is 2.38. The van der Waals surface area contributed by atoms with Gasteiger partial charge in [0, 0.05) is 0 Å². The second-order valence-corrected chi connectivity index (χ2v) is 3.53. The lowest BCUT2D eigenvalue weighted by Crippen LogP contribution is -2.44. The van der Waals surface area contributed by atoms with Gasteiger partial charge in [-0.2, -0.15) is 0 Å². The molecule has 0 saturated heterocycles. The van der Waals surface area contributed by atoms with Crippen LogP contribution in [-0.2, 0) is 9.32 Å². The fourth-order valence-electron chi connectivity index (χ4n) is 0.283. The Kier molecular flexibility index (Phi) is 4.35. The van der Waals surface area contributed by atoms with Crippen LogP contribution in [0.1, 0.15) is 13.8 Å². The van der Waals surface area contributed by atoms with Gasteiger partial charge in [0.25, 0.3) is 0 Å². The maximum atomic E-state index is 11.0. The molecule has 10 heavy (non-hydrogen) atoms. The van der Waals surface area contributed by atoms with E-state index in [1.54, 1.807) is 20.9 Å². The maximum Gasteiger partial charge on any atom is 0.328 e. The lowest BCUT2D eigenvalue weighted by atomic mass is 10.1. The second kappa shape index (κ2) is 4.23. The van der Waals surface area contributed by atoms with Crippen molar-refractivity contribution >= 4 is 23.4 Å². The molecule has 2 unspecified atom stereocenters. The zero-order valence-electron chi connectivity index (χ0n) is 6.39. The summed E-state index contributed by atoms with van der Waals surface area (Å²) < 4.78 is 4.79. The van der Waals surface area contributed by atoms with Crippen LogP contribution in [0, 0.1) is 0 Å². The molecule has 1 N–H and O–H groups in total. The lowest BCUT2D eigenvalue weighted by molar-refractivity contribution is -0.139. The summed E-state index contributed by atoms with van der Waals surface area (Å²) in [5, 5.41) is 2.85. The highest BCUT2D eigenvalue weighted by atomic mass is 32.0. The van der Waals surface area contributed by atoms with Gasteiger partial charge in [-0.15, -0.1) is 0 Å². The Morgan fingerprint density at radius 3 is 2.50 bits per heavy atom. The third-order valence-electron chi connectivity index (χ3n) is 1.29. The first kappa shape index (κ1) is 10.3. The van der Waals surface area contributed by atoms with Crippen molar-refractivity contribution in [1.29, 1.82) is 0 Å². The molecule has 3 nitrogen and oxygen atoms in total. The number of rotatable bonds is 3. The Hall–Kier alpha value is 0.290. The van der Waals surface area contributed by atoms with Crippen molar-refractivity contribution in [2.45, 2.75) is 19.4 Å². The van der Waals surface area contributed by atoms with Crippen LogP contribution in [0.15, 0.2) is 0 Å². The molecule has 0 heterocycles. The van der Waals surface area contributed by atoms with Gasteiger partial charge in [-0.25, -0.2) is 4.79 Å². The molecule has 5 heteroatoms. The molecule has 0 aliphatic heterocycles. The van der Waals surface area contributed by atoms with E-state index < -0.39 is 5.54 Å². The minimum absolute atomic E-state index is 0.142. The number of nitrogens with one attached hydrogen (secondary N) is 1. The average molecular weight is 181 g/mol.